The predicted molar refractivity (Wildman–Crippen MR) is 77.9 cm³/mol. The van der Waals surface area contributed by atoms with Crippen molar-refractivity contribution >= 4 is 31.8 Å². The first-order chi connectivity index (χ1) is 11.0. The average Bonchev–Trinajstić information content (AvgIpc) is 2.43. The topological polar surface area (TPSA) is 149 Å². The van der Waals surface area contributed by atoms with Gasteiger partial charge in [0, 0.05) is 12.0 Å². The van der Waals surface area contributed by atoms with Crippen LogP contribution in [0.2, 0.25) is 0 Å². The van der Waals surface area contributed by atoms with E-state index in [9.17, 15) is 35.5 Å². The average molecular weight is 447 g/mol. The molecule has 1 unspecified atom stereocenters. The number of carbonyl (C=O) groups excluding carboxylic acids is 2. The number of carbonyl (C=O) groups is 2. The Hall–Kier alpha value is 1.13. The molecule has 26 heavy (non-hydrogen) atoms. The number of fused-ring (bicyclic) bond motifs is 2. The van der Waals surface area contributed by atoms with Crippen LogP contribution in [-0.4, -0.2) is 37.5 Å². The summed E-state index contributed by atoms with van der Waals surface area (Å²) in [6, 6.07) is 0. The first kappa shape index (κ1) is 25.2. The number of ketones is 2. The molecular formula is C14H8K2O8S2. The fourth-order valence-corrected chi connectivity index (χ4v) is 4.67. The van der Waals surface area contributed by atoms with E-state index in [2.05, 4.69) is 0 Å². The summed E-state index contributed by atoms with van der Waals surface area (Å²) in [4.78, 5) is 21.3. The van der Waals surface area contributed by atoms with E-state index >= 15 is 0 Å². The van der Waals surface area contributed by atoms with Gasteiger partial charge in [0.1, 0.15) is 25.1 Å². The smallest absolute Gasteiger partial charge is 0.744 e. The minimum Gasteiger partial charge on any atom is -0.744 e. The third-order valence-corrected chi connectivity index (χ3v) is 5.68. The van der Waals surface area contributed by atoms with Crippen LogP contribution >= 0.6 is 0 Å². The molecule has 0 aromatic carbocycles. The largest absolute Gasteiger partial charge is 1.00 e. The van der Waals surface area contributed by atoms with Gasteiger partial charge >= 0.3 is 103 Å². The van der Waals surface area contributed by atoms with E-state index in [0.717, 1.165) is 0 Å². The molecule has 0 saturated heterocycles. The van der Waals surface area contributed by atoms with E-state index in [-0.39, 0.29) is 126 Å². The van der Waals surface area contributed by atoms with Crippen LogP contribution in [0.3, 0.4) is 0 Å². The Morgan fingerprint density at radius 2 is 1.58 bits per heavy atom. The van der Waals surface area contributed by atoms with Gasteiger partial charge in [0.05, 0.1) is 10.8 Å². The summed E-state index contributed by atoms with van der Waals surface area (Å²) >= 11 is 0. The molecule has 0 heterocycles. The molecule has 0 bridgehead atoms. The summed E-state index contributed by atoms with van der Waals surface area (Å²) in [6.07, 6.45) is 6.48. The minimum atomic E-state index is -5.49. The maximum Gasteiger partial charge on any atom is 1.00 e. The van der Waals surface area contributed by atoms with E-state index in [1.54, 1.807) is 12.2 Å². The molecule has 0 N–H and O–H groups in total. The van der Waals surface area contributed by atoms with Crippen molar-refractivity contribution in [3.05, 3.63) is 56.9 Å². The van der Waals surface area contributed by atoms with Gasteiger partial charge in [0.2, 0.25) is 0 Å². The first-order valence-electron chi connectivity index (χ1n) is 6.55. The molecule has 0 spiro atoms. The summed E-state index contributed by atoms with van der Waals surface area (Å²) in [7, 11) is -10.9. The van der Waals surface area contributed by atoms with Crippen molar-refractivity contribution < 1.29 is 138 Å². The zero-order chi connectivity index (χ0) is 17.9. The van der Waals surface area contributed by atoms with E-state index in [1.165, 1.54) is 12.2 Å². The zero-order valence-electron chi connectivity index (χ0n) is 13.8. The quantitative estimate of drug-likeness (QED) is 0.300. The van der Waals surface area contributed by atoms with E-state index < -0.39 is 41.7 Å². The molecule has 12 heteroatoms. The molecule has 0 aliphatic heterocycles. The molecule has 3 rings (SSSR count). The van der Waals surface area contributed by atoms with Crippen molar-refractivity contribution in [2.75, 3.05) is 0 Å². The number of allylic oxidation sites excluding steroid dienone is 9. The van der Waals surface area contributed by atoms with Crippen LogP contribution in [-0.2, 0) is 29.8 Å². The van der Waals surface area contributed by atoms with E-state index in [0.29, 0.717) is 11.6 Å². The summed E-state index contributed by atoms with van der Waals surface area (Å²) < 4.78 is 67.7. The molecule has 0 fully saturated rings. The van der Waals surface area contributed by atoms with Crippen LogP contribution in [0.25, 0.3) is 0 Å². The second kappa shape index (κ2) is 8.87. The van der Waals surface area contributed by atoms with E-state index in [1.807, 2.05) is 0 Å². The second-order valence-corrected chi connectivity index (χ2v) is 7.96. The van der Waals surface area contributed by atoms with Crippen molar-refractivity contribution in [1.29, 1.82) is 0 Å². The van der Waals surface area contributed by atoms with Gasteiger partial charge in [-0.05, 0) is 23.3 Å². The van der Waals surface area contributed by atoms with Gasteiger partial charge in [-0.2, -0.15) is 0 Å². The van der Waals surface area contributed by atoms with Gasteiger partial charge in [-0.3, -0.25) is 9.59 Å². The monoisotopic (exact) mass is 446 g/mol. The summed E-state index contributed by atoms with van der Waals surface area (Å²) in [5.41, 5.74) is 0.627. The Morgan fingerprint density at radius 3 is 2.12 bits per heavy atom. The molecule has 3 aliphatic carbocycles. The molecule has 3 aliphatic rings. The summed E-state index contributed by atoms with van der Waals surface area (Å²) in [6.45, 7) is 0. The number of hydrogen-bond donors (Lipinski definition) is 0. The van der Waals surface area contributed by atoms with Gasteiger partial charge in [-0.1, -0.05) is 18.2 Å². The molecule has 0 saturated carbocycles. The third kappa shape index (κ3) is 4.82. The van der Waals surface area contributed by atoms with Crippen molar-refractivity contribution in [3.8, 4) is 0 Å². The standard InChI is InChI=1S/C14H10O8S2.2K/c15-11-3-1-2-7-4-8-5-12(23(17,18)19)14(24(20,21)22)13(16)10(8)6-9(7)11;;/h1-2,4-6,10H,3H2,(H,17,18,19)(H,20,21,22);;/q;2*+1/p-2. The van der Waals surface area contributed by atoms with Gasteiger partial charge in [-0.15, -0.1) is 0 Å². The normalized spacial score (nSPS) is 22.2. The predicted octanol–water partition coefficient (Wildman–Crippen LogP) is -6.18. The Kier molecular flexibility index (Phi) is 8.59. The van der Waals surface area contributed by atoms with Gasteiger partial charge in [-0.25, -0.2) is 16.8 Å². The minimum absolute atomic E-state index is 0. The fourth-order valence-electron chi connectivity index (χ4n) is 2.77. The fraction of sp³-hybridized carbons (Fsp3) is 0.143. The summed E-state index contributed by atoms with van der Waals surface area (Å²) in [5.74, 6) is -2.93. The number of rotatable bonds is 2. The molecule has 0 amide bonds. The SMILES string of the molecule is O=C1CC=CC2=CC3=CC(S(=O)(=O)[O-])=C(S(=O)(=O)[O-])C(=O)C3C=C12.[K+].[K+]. The van der Waals surface area contributed by atoms with Crippen LogP contribution in [0.5, 0.6) is 0 Å². The molecule has 0 aromatic rings. The van der Waals surface area contributed by atoms with Crippen molar-refractivity contribution in [3.63, 3.8) is 0 Å². The van der Waals surface area contributed by atoms with Crippen LogP contribution in [0.1, 0.15) is 6.42 Å². The van der Waals surface area contributed by atoms with Crippen molar-refractivity contribution in [2.24, 2.45) is 5.92 Å². The molecule has 0 aromatic heterocycles. The van der Waals surface area contributed by atoms with Crippen molar-refractivity contribution in [2.45, 2.75) is 6.42 Å². The van der Waals surface area contributed by atoms with Crippen LogP contribution < -0.4 is 103 Å². The van der Waals surface area contributed by atoms with Gasteiger partial charge < -0.3 is 9.11 Å². The van der Waals surface area contributed by atoms with Crippen LogP contribution in [0, 0.1) is 5.92 Å². The first-order valence-corrected chi connectivity index (χ1v) is 9.37. The zero-order valence-corrected chi connectivity index (χ0v) is 21.6. The van der Waals surface area contributed by atoms with Gasteiger partial charge in [0.15, 0.2) is 11.6 Å². The Labute approximate surface area is 234 Å². The molecule has 8 nitrogen and oxygen atoms in total. The maximum absolute atomic E-state index is 12.4. The van der Waals surface area contributed by atoms with E-state index in [4.69, 9.17) is 0 Å². The Morgan fingerprint density at radius 1 is 0.962 bits per heavy atom. The molecule has 126 valence electrons. The maximum atomic E-state index is 12.4. The Balaban J connectivity index is 0.00000169. The van der Waals surface area contributed by atoms with Gasteiger partial charge in [0.25, 0.3) is 0 Å². The molecule has 0 radical (unpaired) electrons. The third-order valence-electron chi connectivity index (χ3n) is 3.77. The molecule has 1 atom stereocenters. The summed E-state index contributed by atoms with van der Waals surface area (Å²) in [5, 5.41) is 0. The number of Topliss-reactive ketones (excluding diaryl/α,β-unsaturated/α-hetero) is 2. The van der Waals surface area contributed by atoms with Crippen molar-refractivity contribution in [1.82, 2.24) is 0 Å². The van der Waals surface area contributed by atoms with Crippen LogP contribution in [0.4, 0.5) is 0 Å². The second-order valence-electron chi connectivity index (χ2n) is 5.30. The molecular weight excluding hydrogens is 438 g/mol. The Bertz CT molecular complexity index is 1060. The van der Waals surface area contributed by atoms with Crippen LogP contribution in [0.15, 0.2) is 56.9 Å². The number of hydrogen-bond acceptors (Lipinski definition) is 8.